The predicted octanol–water partition coefficient (Wildman–Crippen LogP) is 2.45. The van der Waals surface area contributed by atoms with Gasteiger partial charge in [-0.15, -0.1) is 0 Å². The molecule has 2 aromatic carbocycles. The molecule has 1 amide bonds. The molecule has 1 heterocycles. The van der Waals surface area contributed by atoms with Crippen molar-refractivity contribution in [3.05, 3.63) is 72.0 Å². The van der Waals surface area contributed by atoms with E-state index in [-0.39, 0.29) is 10.8 Å². The Morgan fingerprint density at radius 1 is 1.12 bits per heavy atom. The van der Waals surface area contributed by atoms with Crippen molar-refractivity contribution >= 4 is 33.0 Å². The first kappa shape index (κ1) is 17.9. The summed E-state index contributed by atoms with van der Waals surface area (Å²) in [5.74, 6) is 0.381. The maximum Gasteiger partial charge on any atom is 0.244 e. The summed E-state index contributed by atoms with van der Waals surface area (Å²) in [4.78, 5) is 11.9. The number of nitrogens with two attached hydrogens (primary N) is 1. The fourth-order valence-corrected chi connectivity index (χ4v) is 2.99. The highest BCUT2D eigenvalue weighted by Crippen LogP contribution is 2.19. The molecule has 3 aromatic rings. The van der Waals surface area contributed by atoms with Gasteiger partial charge in [0.25, 0.3) is 0 Å². The third-order valence-corrected chi connectivity index (χ3v) is 4.74. The van der Waals surface area contributed by atoms with E-state index in [4.69, 9.17) is 9.56 Å². The molecule has 0 saturated carbocycles. The van der Waals surface area contributed by atoms with Gasteiger partial charge in [0.05, 0.1) is 4.90 Å². The van der Waals surface area contributed by atoms with E-state index < -0.39 is 10.0 Å². The molecule has 0 spiro atoms. The largest absolute Gasteiger partial charge is 0.457 e. The van der Waals surface area contributed by atoms with Crippen LogP contribution in [0.5, 0.6) is 0 Å². The Morgan fingerprint density at radius 2 is 1.85 bits per heavy atom. The smallest absolute Gasteiger partial charge is 0.244 e. The Balaban J connectivity index is 1.51. The molecule has 0 aliphatic rings. The highest BCUT2D eigenvalue weighted by Gasteiger charge is 2.06. The molecule has 7 heteroatoms. The minimum atomic E-state index is -3.68. The number of rotatable bonds is 6. The van der Waals surface area contributed by atoms with Crippen LogP contribution in [0.3, 0.4) is 0 Å². The average Bonchev–Trinajstić information content (AvgIpc) is 3.03. The molecule has 0 saturated heterocycles. The van der Waals surface area contributed by atoms with E-state index in [0.29, 0.717) is 18.7 Å². The van der Waals surface area contributed by atoms with Gasteiger partial charge < -0.3 is 9.73 Å². The predicted molar refractivity (Wildman–Crippen MR) is 99.8 cm³/mol. The van der Waals surface area contributed by atoms with Crippen LogP contribution in [-0.4, -0.2) is 20.9 Å². The van der Waals surface area contributed by atoms with Gasteiger partial charge in [-0.1, -0.05) is 30.3 Å². The summed E-state index contributed by atoms with van der Waals surface area (Å²) >= 11 is 0. The summed E-state index contributed by atoms with van der Waals surface area (Å²) in [6.45, 7) is 0.429. The highest BCUT2D eigenvalue weighted by molar-refractivity contribution is 7.89. The zero-order valence-electron chi connectivity index (χ0n) is 13.9. The van der Waals surface area contributed by atoms with Crippen molar-refractivity contribution < 1.29 is 17.6 Å². The van der Waals surface area contributed by atoms with E-state index in [0.717, 1.165) is 16.5 Å². The van der Waals surface area contributed by atoms with Gasteiger partial charge in [-0.25, -0.2) is 13.6 Å². The molecule has 0 aliphatic carbocycles. The van der Waals surface area contributed by atoms with E-state index in [1.54, 1.807) is 18.2 Å². The zero-order valence-corrected chi connectivity index (χ0v) is 14.7. The van der Waals surface area contributed by atoms with Crippen molar-refractivity contribution in [2.75, 3.05) is 6.54 Å². The van der Waals surface area contributed by atoms with Crippen molar-refractivity contribution in [3.63, 3.8) is 0 Å². The van der Waals surface area contributed by atoms with Crippen LogP contribution in [0, 0.1) is 0 Å². The second-order valence-electron chi connectivity index (χ2n) is 5.75. The van der Waals surface area contributed by atoms with Crippen LogP contribution in [0.4, 0.5) is 0 Å². The second kappa shape index (κ2) is 7.55. The Kier molecular flexibility index (Phi) is 5.20. The fourth-order valence-electron chi connectivity index (χ4n) is 2.48. The number of primary sulfonamides is 1. The fraction of sp³-hybridized carbons (Fsp3) is 0.105. The molecule has 0 unspecified atom stereocenters. The molecule has 0 bridgehead atoms. The van der Waals surface area contributed by atoms with Crippen molar-refractivity contribution in [1.29, 1.82) is 0 Å². The molecule has 26 heavy (non-hydrogen) atoms. The topological polar surface area (TPSA) is 102 Å². The lowest BCUT2D eigenvalue weighted by atomic mass is 10.1. The summed E-state index contributed by atoms with van der Waals surface area (Å²) < 4.78 is 28.0. The van der Waals surface area contributed by atoms with Crippen LogP contribution in [0.15, 0.2) is 70.0 Å². The summed E-state index contributed by atoms with van der Waals surface area (Å²) in [6, 6.07) is 15.8. The van der Waals surface area contributed by atoms with Crippen molar-refractivity contribution in [3.8, 4) is 0 Å². The molecule has 0 atom stereocenters. The van der Waals surface area contributed by atoms with Gasteiger partial charge in [-0.3, -0.25) is 4.79 Å². The van der Waals surface area contributed by atoms with Crippen molar-refractivity contribution in [1.82, 2.24) is 5.32 Å². The zero-order chi connectivity index (χ0) is 18.6. The Labute approximate surface area is 151 Å². The first-order valence-corrected chi connectivity index (χ1v) is 9.53. The molecule has 3 rings (SSSR count). The average molecular weight is 370 g/mol. The molecule has 0 radical (unpaired) electrons. The number of hydrogen-bond acceptors (Lipinski definition) is 4. The summed E-state index contributed by atoms with van der Waals surface area (Å²) in [5.41, 5.74) is 1.68. The molecular weight excluding hydrogens is 352 g/mol. The summed E-state index contributed by atoms with van der Waals surface area (Å²) in [5, 5.41) is 8.80. The lowest BCUT2D eigenvalue weighted by Crippen LogP contribution is -2.23. The quantitative estimate of drug-likeness (QED) is 0.651. The number of sulfonamides is 1. The number of para-hydroxylation sites is 1. The maximum atomic E-state index is 11.9. The minimum absolute atomic E-state index is 0.0686. The van der Waals surface area contributed by atoms with E-state index >= 15 is 0 Å². The second-order valence-corrected chi connectivity index (χ2v) is 7.31. The number of fused-ring (bicyclic) bond motifs is 1. The minimum Gasteiger partial charge on any atom is -0.457 e. The number of benzene rings is 2. The monoisotopic (exact) mass is 370 g/mol. The van der Waals surface area contributed by atoms with E-state index in [9.17, 15) is 13.2 Å². The normalized spacial score (nSPS) is 11.9. The molecule has 1 aromatic heterocycles. The molecule has 0 fully saturated rings. The van der Waals surface area contributed by atoms with Gasteiger partial charge in [0.15, 0.2) is 0 Å². The van der Waals surface area contributed by atoms with Crippen LogP contribution in [0.1, 0.15) is 11.3 Å². The molecule has 0 aliphatic heterocycles. The molecule has 3 N–H and O–H groups in total. The summed E-state index contributed by atoms with van der Waals surface area (Å²) in [7, 11) is -3.68. The Bertz CT molecular complexity index is 1020. The van der Waals surface area contributed by atoms with Gasteiger partial charge in [-0.05, 0) is 42.3 Å². The first-order valence-electron chi connectivity index (χ1n) is 7.98. The summed E-state index contributed by atoms with van der Waals surface area (Å²) in [6.07, 6.45) is 3.62. The maximum absolute atomic E-state index is 11.9. The standard InChI is InChI=1S/C19H18N2O4S/c20-26(23,24)17-8-5-14(6-9-17)11-12-21-19(22)10-7-16-13-15-3-1-2-4-18(15)25-16/h1-10,13H,11-12H2,(H,21,22)(H2,20,23,24)/b10-7+. The first-order chi connectivity index (χ1) is 12.4. The van der Waals surface area contributed by atoms with Gasteiger partial charge in [0.2, 0.25) is 15.9 Å². The highest BCUT2D eigenvalue weighted by atomic mass is 32.2. The van der Waals surface area contributed by atoms with Crippen molar-refractivity contribution in [2.24, 2.45) is 5.14 Å². The number of amides is 1. The van der Waals surface area contributed by atoms with Gasteiger partial charge >= 0.3 is 0 Å². The lowest BCUT2D eigenvalue weighted by molar-refractivity contribution is -0.116. The molecule has 134 valence electrons. The van der Waals surface area contributed by atoms with E-state index in [1.807, 2.05) is 30.3 Å². The van der Waals surface area contributed by atoms with Gasteiger partial charge in [0, 0.05) is 18.0 Å². The third-order valence-electron chi connectivity index (χ3n) is 3.81. The molecular formula is C19H18N2O4S. The number of carbonyl (C=O) groups is 1. The van der Waals surface area contributed by atoms with E-state index in [1.165, 1.54) is 18.2 Å². The SMILES string of the molecule is NS(=O)(=O)c1ccc(CCNC(=O)/C=C/c2cc3ccccc3o2)cc1. The van der Waals surface area contributed by atoms with Crippen LogP contribution < -0.4 is 10.5 Å². The number of furan rings is 1. The number of hydrogen-bond donors (Lipinski definition) is 2. The number of nitrogens with one attached hydrogen (secondary N) is 1. The van der Waals surface area contributed by atoms with Crippen molar-refractivity contribution in [2.45, 2.75) is 11.3 Å². The Morgan fingerprint density at radius 3 is 2.54 bits per heavy atom. The van der Waals surface area contributed by atoms with Crippen LogP contribution in [0.2, 0.25) is 0 Å². The van der Waals surface area contributed by atoms with Crippen LogP contribution >= 0.6 is 0 Å². The third kappa shape index (κ3) is 4.59. The van der Waals surface area contributed by atoms with Crippen LogP contribution in [0.25, 0.3) is 17.0 Å². The molecule has 6 nitrogen and oxygen atoms in total. The van der Waals surface area contributed by atoms with Gasteiger partial charge in [0.1, 0.15) is 11.3 Å². The van der Waals surface area contributed by atoms with E-state index in [2.05, 4.69) is 5.32 Å². The van der Waals surface area contributed by atoms with Gasteiger partial charge in [-0.2, -0.15) is 0 Å². The lowest BCUT2D eigenvalue weighted by Gasteiger charge is -2.04. The van der Waals surface area contributed by atoms with Crippen LogP contribution in [-0.2, 0) is 21.2 Å². The number of carbonyl (C=O) groups excluding carboxylic acids is 1. The Hall–Kier alpha value is -2.90.